The maximum absolute atomic E-state index is 5.26. The molecule has 0 radical (unpaired) electrons. The van der Waals surface area contributed by atoms with Gasteiger partial charge in [-0.05, 0) is 6.42 Å². The van der Waals surface area contributed by atoms with Gasteiger partial charge in [0.05, 0.1) is 14.0 Å². The Morgan fingerprint density at radius 1 is 1.46 bits per heavy atom. The van der Waals surface area contributed by atoms with Crippen LogP contribution in [0.1, 0.15) is 40.5 Å². The van der Waals surface area contributed by atoms with Crippen LogP contribution >= 0.6 is 0 Å². The van der Waals surface area contributed by atoms with Gasteiger partial charge in [-0.3, -0.25) is 0 Å². The van der Waals surface area contributed by atoms with Crippen LogP contribution in [-0.4, -0.2) is 30.2 Å². The van der Waals surface area contributed by atoms with Gasteiger partial charge in [0.25, 0.3) is 0 Å². The number of methoxy groups -OCH3 is 1. The molecular weight excluding hydrogens is 162 g/mol. The fourth-order valence-electron chi connectivity index (χ4n) is 2.23. The van der Waals surface area contributed by atoms with Gasteiger partial charge in [-0.2, -0.15) is 4.58 Å². The summed E-state index contributed by atoms with van der Waals surface area (Å²) in [6.45, 7) is 8.96. The summed E-state index contributed by atoms with van der Waals surface area (Å²) in [7, 11) is 3.86. The van der Waals surface area contributed by atoms with Crippen molar-refractivity contribution in [2.24, 2.45) is 5.41 Å². The van der Waals surface area contributed by atoms with Crippen molar-refractivity contribution in [2.75, 3.05) is 14.2 Å². The lowest BCUT2D eigenvalue weighted by molar-refractivity contribution is -0.565. The molecule has 0 amide bonds. The van der Waals surface area contributed by atoms with Crippen molar-refractivity contribution < 1.29 is 9.31 Å². The maximum atomic E-state index is 5.26. The number of ether oxygens (including phenoxy) is 1. The molecule has 1 aliphatic carbocycles. The van der Waals surface area contributed by atoms with Crippen LogP contribution in [0.5, 0.6) is 0 Å². The smallest absolute Gasteiger partial charge is 0.332 e. The van der Waals surface area contributed by atoms with Crippen molar-refractivity contribution in [3.63, 3.8) is 0 Å². The Kier molecular flexibility index (Phi) is 2.44. The van der Waals surface area contributed by atoms with E-state index in [1.165, 1.54) is 12.8 Å². The second kappa shape index (κ2) is 3.00. The van der Waals surface area contributed by atoms with E-state index in [9.17, 15) is 0 Å². The van der Waals surface area contributed by atoms with Gasteiger partial charge < -0.3 is 4.74 Å². The van der Waals surface area contributed by atoms with Gasteiger partial charge in [0.1, 0.15) is 7.05 Å². The van der Waals surface area contributed by atoms with Gasteiger partial charge in [-0.25, -0.2) is 0 Å². The molecule has 2 atom stereocenters. The summed E-state index contributed by atoms with van der Waals surface area (Å²) < 4.78 is 7.53. The molecule has 1 saturated carbocycles. The molecule has 0 aliphatic heterocycles. The first-order valence-corrected chi connectivity index (χ1v) is 5.02. The van der Waals surface area contributed by atoms with E-state index in [-0.39, 0.29) is 0 Å². The van der Waals surface area contributed by atoms with E-state index in [0.717, 1.165) is 5.90 Å². The average Bonchev–Trinajstić information content (AvgIpc) is 2.69. The van der Waals surface area contributed by atoms with Crippen molar-refractivity contribution >= 4 is 5.90 Å². The number of hydrogen-bond donors (Lipinski definition) is 0. The molecule has 1 aliphatic rings. The third kappa shape index (κ3) is 1.36. The fraction of sp³-hybridized carbons (Fsp3) is 0.909. The third-order valence-corrected chi connectivity index (χ3v) is 4.20. The van der Waals surface area contributed by atoms with Crippen LogP contribution in [0.3, 0.4) is 0 Å². The summed E-state index contributed by atoms with van der Waals surface area (Å²) in [5.41, 5.74) is 0.781. The lowest BCUT2D eigenvalue weighted by Crippen LogP contribution is -2.32. The van der Waals surface area contributed by atoms with E-state index >= 15 is 0 Å². The van der Waals surface area contributed by atoms with Crippen LogP contribution in [0.4, 0.5) is 0 Å². The summed E-state index contributed by atoms with van der Waals surface area (Å²) in [6.07, 6.45) is 2.51. The Balaban J connectivity index is 2.88. The number of rotatable bonds is 2. The zero-order valence-electron chi connectivity index (χ0n) is 9.77. The molecule has 13 heavy (non-hydrogen) atoms. The SMILES string of the molecule is CCC1(C)CC1(C)/[N+](C)=C(/C)OC. The number of nitrogens with zero attached hydrogens (tertiary/aromatic N) is 1. The molecule has 0 spiro atoms. The van der Waals surface area contributed by atoms with Crippen LogP contribution in [0.2, 0.25) is 0 Å². The largest absolute Gasteiger partial charge is 0.452 e. The first-order chi connectivity index (χ1) is 5.91. The zero-order valence-corrected chi connectivity index (χ0v) is 9.77. The van der Waals surface area contributed by atoms with Gasteiger partial charge in [-0.15, -0.1) is 0 Å². The van der Waals surface area contributed by atoms with Gasteiger partial charge in [-0.1, -0.05) is 13.8 Å². The van der Waals surface area contributed by atoms with Gasteiger partial charge in [0, 0.05) is 18.8 Å². The predicted molar refractivity (Wildman–Crippen MR) is 55.3 cm³/mol. The summed E-state index contributed by atoms with van der Waals surface area (Å²) in [5.74, 6) is 1.01. The molecule has 0 heterocycles. The normalized spacial score (nSPS) is 39.8. The molecule has 1 fully saturated rings. The highest BCUT2D eigenvalue weighted by atomic mass is 16.5. The molecule has 0 aromatic rings. The Morgan fingerprint density at radius 2 is 2.00 bits per heavy atom. The summed E-state index contributed by atoms with van der Waals surface area (Å²) in [5, 5.41) is 0. The van der Waals surface area contributed by atoms with Crippen molar-refractivity contribution in [2.45, 2.75) is 46.1 Å². The van der Waals surface area contributed by atoms with Gasteiger partial charge in [0.15, 0.2) is 5.54 Å². The third-order valence-electron chi connectivity index (χ3n) is 4.20. The second-order valence-corrected chi connectivity index (χ2v) is 4.65. The topological polar surface area (TPSA) is 12.2 Å². The summed E-state index contributed by atoms with van der Waals surface area (Å²) in [6, 6.07) is 0. The molecule has 76 valence electrons. The predicted octanol–water partition coefficient (Wildman–Crippen LogP) is 2.27. The van der Waals surface area contributed by atoms with Crippen LogP contribution in [0.25, 0.3) is 0 Å². The van der Waals surface area contributed by atoms with Crippen LogP contribution in [0.15, 0.2) is 0 Å². The molecule has 0 saturated heterocycles. The van der Waals surface area contributed by atoms with Crippen LogP contribution in [0, 0.1) is 5.41 Å². The molecule has 0 aromatic heterocycles. The molecule has 2 unspecified atom stereocenters. The van der Waals surface area contributed by atoms with E-state index in [0.29, 0.717) is 11.0 Å². The highest BCUT2D eigenvalue weighted by Gasteiger charge is 2.68. The van der Waals surface area contributed by atoms with Crippen molar-refractivity contribution in [1.82, 2.24) is 0 Å². The molecule has 0 N–H and O–H groups in total. The molecule has 0 bridgehead atoms. The Hall–Kier alpha value is -0.530. The highest BCUT2D eigenvalue weighted by molar-refractivity contribution is 5.67. The maximum Gasteiger partial charge on any atom is 0.332 e. The first kappa shape index (κ1) is 10.6. The minimum absolute atomic E-state index is 0.307. The van der Waals surface area contributed by atoms with Crippen LogP contribution < -0.4 is 0 Å². The minimum atomic E-state index is 0.307. The Bertz CT molecular complexity index is 246. The van der Waals surface area contributed by atoms with Gasteiger partial charge in [0.2, 0.25) is 0 Å². The Morgan fingerprint density at radius 3 is 2.31 bits per heavy atom. The van der Waals surface area contributed by atoms with Crippen molar-refractivity contribution in [1.29, 1.82) is 0 Å². The van der Waals surface area contributed by atoms with Crippen molar-refractivity contribution in [3.8, 4) is 0 Å². The quantitative estimate of drug-likeness (QED) is 0.364. The molecule has 2 heteroatoms. The summed E-state index contributed by atoms with van der Waals surface area (Å²) in [4.78, 5) is 0. The molecule has 1 rings (SSSR count). The summed E-state index contributed by atoms with van der Waals surface area (Å²) >= 11 is 0. The van der Waals surface area contributed by atoms with E-state index in [2.05, 4.69) is 32.4 Å². The lowest BCUT2D eigenvalue weighted by Gasteiger charge is -2.14. The van der Waals surface area contributed by atoms with E-state index in [1.807, 2.05) is 6.92 Å². The Labute approximate surface area is 81.6 Å². The zero-order chi connectivity index (χ0) is 10.3. The van der Waals surface area contributed by atoms with E-state index in [4.69, 9.17) is 4.74 Å². The minimum Gasteiger partial charge on any atom is -0.452 e. The van der Waals surface area contributed by atoms with E-state index in [1.54, 1.807) is 7.11 Å². The molecule has 2 nitrogen and oxygen atoms in total. The molecular formula is C11H22NO+. The first-order valence-electron chi connectivity index (χ1n) is 5.02. The highest BCUT2D eigenvalue weighted by Crippen LogP contribution is 2.59. The van der Waals surface area contributed by atoms with Gasteiger partial charge >= 0.3 is 5.90 Å². The average molecular weight is 184 g/mol. The number of hydrogen-bond acceptors (Lipinski definition) is 1. The monoisotopic (exact) mass is 184 g/mol. The molecule has 0 aromatic carbocycles. The fourth-order valence-corrected chi connectivity index (χ4v) is 2.23. The second-order valence-electron chi connectivity index (χ2n) is 4.65. The standard InChI is InChI=1S/C11H22NO/c1-7-10(3)8-11(10,4)12(5)9(2)13-6/h7-8H2,1-6H3/q+1/b12-9-. The van der Waals surface area contributed by atoms with Crippen molar-refractivity contribution in [3.05, 3.63) is 0 Å². The lowest BCUT2D eigenvalue weighted by atomic mass is 10.00. The van der Waals surface area contributed by atoms with Crippen LogP contribution in [-0.2, 0) is 4.74 Å². The van der Waals surface area contributed by atoms with E-state index < -0.39 is 0 Å².